The standard InChI is InChI=1S/C26H29N3O5S/c1-19(29(35(3,32)33)21-13-15-22(34-2)16-14-21)25(30)28-24-12-8-7-11-23(24)26(31)27-18-17-20-9-5-4-6-10-20/h4-16,19H,17-18H2,1-3H3,(H,27,31)(H,28,30)/t19-/m0/s1. The van der Waals surface area contributed by atoms with Crippen molar-refractivity contribution in [3.63, 3.8) is 0 Å². The van der Waals surface area contributed by atoms with E-state index in [1.54, 1.807) is 48.5 Å². The first-order valence-corrected chi connectivity index (χ1v) is 12.9. The van der Waals surface area contributed by atoms with Crippen molar-refractivity contribution in [1.82, 2.24) is 5.32 Å². The molecule has 3 aromatic carbocycles. The van der Waals surface area contributed by atoms with E-state index >= 15 is 0 Å². The smallest absolute Gasteiger partial charge is 0.253 e. The van der Waals surface area contributed by atoms with Gasteiger partial charge in [-0.15, -0.1) is 0 Å². The number of nitrogens with zero attached hydrogens (tertiary/aromatic N) is 1. The van der Waals surface area contributed by atoms with Gasteiger partial charge in [0.15, 0.2) is 0 Å². The van der Waals surface area contributed by atoms with Crippen LogP contribution >= 0.6 is 0 Å². The van der Waals surface area contributed by atoms with Crippen molar-refractivity contribution in [1.29, 1.82) is 0 Å². The van der Waals surface area contributed by atoms with Gasteiger partial charge in [-0.05, 0) is 55.3 Å². The minimum absolute atomic E-state index is 0.288. The van der Waals surface area contributed by atoms with Crippen LogP contribution < -0.4 is 19.7 Å². The Bertz CT molecular complexity index is 1260. The van der Waals surface area contributed by atoms with Crippen LogP contribution in [0.2, 0.25) is 0 Å². The second-order valence-electron chi connectivity index (χ2n) is 7.96. The van der Waals surface area contributed by atoms with Crippen LogP contribution in [0.25, 0.3) is 0 Å². The average molecular weight is 496 g/mol. The van der Waals surface area contributed by atoms with Gasteiger partial charge in [0, 0.05) is 6.54 Å². The zero-order valence-corrected chi connectivity index (χ0v) is 20.7. The maximum atomic E-state index is 13.1. The Hall–Kier alpha value is -3.85. The van der Waals surface area contributed by atoms with Crippen molar-refractivity contribution in [2.24, 2.45) is 0 Å². The average Bonchev–Trinajstić information content (AvgIpc) is 2.84. The summed E-state index contributed by atoms with van der Waals surface area (Å²) in [5.74, 6) is -0.345. The zero-order valence-electron chi connectivity index (χ0n) is 19.9. The fourth-order valence-corrected chi connectivity index (χ4v) is 4.80. The summed E-state index contributed by atoms with van der Waals surface area (Å²) in [6, 6.07) is 21.7. The molecule has 0 spiro atoms. The molecule has 35 heavy (non-hydrogen) atoms. The first-order valence-electron chi connectivity index (χ1n) is 11.1. The van der Waals surface area contributed by atoms with Gasteiger partial charge in [0.05, 0.1) is 30.3 Å². The molecule has 0 aliphatic carbocycles. The molecule has 3 rings (SSSR count). The Balaban J connectivity index is 1.74. The number of carbonyl (C=O) groups excluding carboxylic acids is 2. The summed E-state index contributed by atoms with van der Waals surface area (Å²) in [5.41, 5.74) is 2.01. The Labute approximate surface area is 206 Å². The molecule has 0 heterocycles. The summed E-state index contributed by atoms with van der Waals surface area (Å²) in [7, 11) is -2.28. The number of hydrogen-bond donors (Lipinski definition) is 2. The molecule has 0 aromatic heterocycles. The summed E-state index contributed by atoms with van der Waals surface area (Å²) >= 11 is 0. The van der Waals surface area contributed by atoms with Crippen LogP contribution in [0.15, 0.2) is 78.9 Å². The summed E-state index contributed by atoms with van der Waals surface area (Å²) in [6.45, 7) is 1.92. The van der Waals surface area contributed by atoms with Crippen molar-refractivity contribution in [2.45, 2.75) is 19.4 Å². The molecule has 0 saturated heterocycles. The van der Waals surface area contributed by atoms with Gasteiger partial charge < -0.3 is 15.4 Å². The van der Waals surface area contributed by atoms with E-state index < -0.39 is 22.0 Å². The number of para-hydroxylation sites is 1. The molecule has 0 unspecified atom stereocenters. The number of hydrogen-bond acceptors (Lipinski definition) is 5. The van der Waals surface area contributed by atoms with Gasteiger partial charge in [-0.2, -0.15) is 0 Å². The summed E-state index contributed by atoms with van der Waals surface area (Å²) in [5, 5.41) is 5.58. The molecule has 3 aromatic rings. The number of methoxy groups -OCH3 is 1. The van der Waals surface area contributed by atoms with Gasteiger partial charge in [-0.25, -0.2) is 8.42 Å². The molecule has 0 saturated carbocycles. The van der Waals surface area contributed by atoms with Gasteiger partial charge in [-0.3, -0.25) is 13.9 Å². The molecule has 2 N–H and O–H groups in total. The number of anilines is 2. The highest BCUT2D eigenvalue weighted by molar-refractivity contribution is 7.92. The van der Waals surface area contributed by atoms with Gasteiger partial charge >= 0.3 is 0 Å². The molecule has 184 valence electrons. The van der Waals surface area contributed by atoms with Crippen molar-refractivity contribution in [2.75, 3.05) is 29.5 Å². The van der Waals surface area contributed by atoms with Gasteiger partial charge in [-0.1, -0.05) is 42.5 Å². The third kappa shape index (κ3) is 6.83. The third-order valence-corrected chi connectivity index (χ3v) is 6.63. The van der Waals surface area contributed by atoms with E-state index in [1.165, 1.54) is 14.0 Å². The predicted molar refractivity (Wildman–Crippen MR) is 137 cm³/mol. The molecule has 0 bridgehead atoms. The van der Waals surface area contributed by atoms with Crippen molar-refractivity contribution < 1.29 is 22.7 Å². The van der Waals surface area contributed by atoms with Crippen molar-refractivity contribution >= 4 is 33.2 Å². The zero-order chi connectivity index (χ0) is 25.4. The summed E-state index contributed by atoms with van der Waals surface area (Å²) in [6.07, 6.45) is 1.71. The lowest BCUT2D eigenvalue weighted by Gasteiger charge is -2.28. The van der Waals surface area contributed by atoms with Crippen molar-refractivity contribution in [3.05, 3.63) is 90.0 Å². The van der Waals surface area contributed by atoms with E-state index in [1.807, 2.05) is 30.3 Å². The molecule has 8 nitrogen and oxygen atoms in total. The predicted octanol–water partition coefficient (Wildman–Crippen LogP) is 3.46. The summed E-state index contributed by atoms with van der Waals surface area (Å²) in [4.78, 5) is 25.9. The number of nitrogens with one attached hydrogen (secondary N) is 2. The first kappa shape index (κ1) is 25.8. The largest absolute Gasteiger partial charge is 0.497 e. The van der Waals surface area contributed by atoms with Crippen LogP contribution in [0.5, 0.6) is 5.75 Å². The number of ether oxygens (including phenoxy) is 1. The van der Waals surface area contributed by atoms with Crippen LogP contribution in [0.1, 0.15) is 22.8 Å². The number of carbonyl (C=O) groups is 2. The Morgan fingerprint density at radius 3 is 2.20 bits per heavy atom. The van der Waals surface area contributed by atoms with Crippen molar-refractivity contribution in [3.8, 4) is 5.75 Å². The molecule has 2 amide bonds. The molecule has 1 atom stereocenters. The molecule has 9 heteroatoms. The molecular formula is C26H29N3O5S. The number of sulfonamides is 1. The maximum absolute atomic E-state index is 13.1. The fraction of sp³-hybridized carbons (Fsp3) is 0.231. The Morgan fingerprint density at radius 1 is 0.943 bits per heavy atom. The lowest BCUT2D eigenvalue weighted by atomic mass is 10.1. The van der Waals surface area contributed by atoms with Gasteiger partial charge in [0.25, 0.3) is 5.91 Å². The van der Waals surface area contributed by atoms with Crippen LogP contribution in [-0.4, -0.2) is 46.2 Å². The minimum atomic E-state index is -3.79. The van der Waals surface area contributed by atoms with Crippen LogP contribution in [-0.2, 0) is 21.2 Å². The van der Waals surface area contributed by atoms with E-state index in [2.05, 4.69) is 10.6 Å². The SMILES string of the molecule is COc1ccc(N([C@@H](C)C(=O)Nc2ccccc2C(=O)NCCc2ccccc2)S(C)(=O)=O)cc1. The number of amides is 2. The van der Waals surface area contributed by atoms with Crippen LogP contribution in [0.4, 0.5) is 11.4 Å². The Kier molecular flexibility index (Phi) is 8.48. The molecule has 0 radical (unpaired) electrons. The van der Waals surface area contributed by atoms with E-state index in [4.69, 9.17) is 4.74 Å². The monoisotopic (exact) mass is 495 g/mol. The topological polar surface area (TPSA) is 105 Å². The van der Waals surface area contributed by atoms with Crippen LogP contribution in [0.3, 0.4) is 0 Å². The first-order chi connectivity index (χ1) is 16.7. The second-order valence-corrected chi connectivity index (χ2v) is 9.82. The minimum Gasteiger partial charge on any atom is -0.497 e. The highest BCUT2D eigenvalue weighted by Crippen LogP contribution is 2.25. The fourth-order valence-electron chi connectivity index (χ4n) is 3.63. The van der Waals surface area contributed by atoms with E-state index in [0.717, 1.165) is 16.1 Å². The molecule has 0 fully saturated rings. The highest BCUT2D eigenvalue weighted by Gasteiger charge is 2.29. The maximum Gasteiger partial charge on any atom is 0.253 e. The molecular weight excluding hydrogens is 466 g/mol. The normalized spacial score (nSPS) is 11.9. The van der Waals surface area contributed by atoms with Crippen LogP contribution in [0, 0.1) is 0 Å². The molecule has 0 aliphatic heterocycles. The quantitative estimate of drug-likeness (QED) is 0.448. The van der Waals surface area contributed by atoms with E-state index in [9.17, 15) is 18.0 Å². The summed E-state index contributed by atoms with van der Waals surface area (Å²) < 4.78 is 31.2. The van der Waals surface area contributed by atoms with E-state index in [-0.39, 0.29) is 11.5 Å². The molecule has 0 aliphatic rings. The lowest BCUT2D eigenvalue weighted by molar-refractivity contribution is -0.116. The van der Waals surface area contributed by atoms with Gasteiger partial charge in [0.2, 0.25) is 15.9 Å². The number of rotatable bonds is 10. The number of benzene rings is 3. The highest BCUT2D eigenvalue weighted by atomic mass is 32.2. The second kappa shape index (κ2) is 11.5. The van der Waals surface area contributed by atoms with E-state index in [0.29, 0.717) is 30.1 Å². The lowest BCUT2D eigenvalue weighted by Crippen LogP contribution is -2.45. The Morgan fingerprint density at radius 2 is 1.57 bits per heavy atom. The third-order valence-electron chi connectivity index (χ3n) is 5.39. The van der Waals surface area contributed by atoms with Gasteiger partial charge in [0.1, 0.15) is 11.8 Å².